The van der Waals surface area contributed by atoms with Gasteiger partial charge in [0.1, 0.15) is 23.0 Å². The highest BCUT2D eigenvalue weighted by atomic mass is 35.5. The lowest BCUT2D eigenvalue weighted by atomic mass is 10.0. The fraction of sp³-hybridized carbons (Fsp3) is 0.280. The second kappa shape index (κ2) is 10.2. The van der Waals surface area contributed by atoms with Crippen LogP contribution in [0, 0.1) is 0 Å². The minimum Gasteiger partial charge on any atom is -0.497 e. The van der Waals surface area contributed by atoms with E-state index in [1.807, 2.05) is 0 Å². The number of nitrogens with zero attached hydrogens (tertiary/aromatic N) is 3. The average Bonchev–Trinajstić information content (AvgIpc) is 3.24. The maximum Gasteiger partial charge on any atom is 0.277 e. The Labute approximate surface area is 207 Å². The summed E-state index contributed by atoms with van der Waals surface area (Å²) in [5.41, 5.74) is 7.62. The molecule has 9 nitrogen and oxygen atoms in total. The van der Waals surface area contributed by atoms with Gasteiger partial charge in [-0.3, -0.25) is 9.59 Å². The molecular formula is C25H25ClN4O5. The number of ketones is 1. The van der Waals surface area contributed by atoms with Gasteiger partial charge in [0.05, 0.1) is 24.4 Å². The normalized spacial score (nSPS) is 12.9. The number of amides is 2. The third-order valence-electron chi connectivity index (χ3n) is 5.72. The Kier molecular flexibility index (Phi) is 7.07. The van der Waals surface area contributed by atoms with Gasteiger partial charge in [-0.05, 0) is 62.2 Å². The molecule has 1 aromatic heterocycles. The van der Waals surface area contributed by atoms with E-state index < -0.39 is 5.91 Å². The topological polar surface area (TPSA) is 117 Å². The molecular weight excluding hydrogens is 472 g/mol. The first-order chi connectivity index (χ1) is 16.8. The lowest BCUT2D eigenvalue weighted by Crippen LogP contribution is -2.39. The number of carbonyl (C=O) groups is 3. The van der Waals surface area contributed by atoms with Gasteiger partial charge in [-0.25, -0.2) is 4.68 Å². The number of anilines is 1. The molecule has 10 heteroatoms. The van der Waals surface area contributed by atoms with Crippen LogP contribution < -0.4 is 20.1 Å². The molecule has 0 saturated carbocycles. The maximum absolute atomic E-state index is 13.6. The Hall–Kier alpha value is -3.85. The molecule has 2 N–H and O–H groups in total. The van der Waals surface area contributed by atoms with E-state index in [0.717, 1.165) is 0 Å². The molecule has 2 aromatic carbocycles. The minimum atomic E-state index is -0.691. The van der Waals surface area contributed by atoms with Crippen molar-refractivity contribution in [3.05, 3.63) is 64.4 Å². The second-order valence-corrected chi connectivity index (χ2v) is 8.53. The van der Waals surface area contributed by atoms with Gasteiger partial charge in [-0.15, -0.1) is 0 Å². The Morgan fingerprint density at radius 2 is 1.86 bits per heavy atom. The predicted octanol–water partition coefficient (Wildman–Crippen LogP) is 3.58. The first kappa shape index (κ1) is 24.3. The predicted molar refractivity (Wildman–Crippen MR) is 131 cm³/mol. The largest absolute Gasteiger partial charge is 0.497 e. The van der Waals surface area contributed by atoms with Crippen LogP contribution in [0.1, 0.15) is 46.3 Å². The van der Waals surface area contributed by atoms with Gasteiger partial charge in [0.2, 0.25) is 0 Å². The third kappa shape index (κ3) is 5.00. The van der Waals surface area contributed by atoms with Gasteiger partial charge in [-0.2, -0.15) is 5.10 Å². The van der Waals surface area contributed by atoms with E-state index in [0.29, 0.717) is 65.9 Å². The minimum absolute atomic E-state index is 0.0798. The number of benzene rings is 2. The van der Waals surface area contributed by atoms with Crippen LogP contribution in [0.15, 0.2) is 42.5 Å². The fourth-order valence-corrected chi connectivity index (χ4v) is 4.22. The van der Waals surface area contributed by atoms with Gasteiger partial charge in [-0.1, -0.05) is 11.6 Å². The lowest BCUT2D eigenvalue weighted by Gasteiger charge is -2.28. The Morgan fingerprint density at radius 1 is 1.14 bits per heavy atom. The summed E-state index contributed by atoms with van der Waals surface area (Å²) in [7, 11) is 1.56. The number of halogens is 1. The summed E-state index contributed by atoms with van der Waals surface area (Å²) in [6.07, 6.45) is 1.43. The van der Waals surface area contributed by atoms with Gasteiger partial charge >= 0.3 is 0 Å². The highest BCUT2D eigenvalue weighted by molar-refractivity contribution is 6.32. The molecule has 35 heavy (non-hydrogen) atoms. The van der Waals surface area contributed by atoms with Crippen LogP contribution in [0.4, 0.5) is 5.69 Å². The van der Waals surface area contributed by atoms with E-state index in [1.54, 1.807) is 54.5 Å². The summed E-state index contributed by atoms with van der Waals surface area (Å²) in [6.45, 7) is 2.23. The zero-order chi connectivity index (χ0) is 25.1. The zero-order valence-corrected chi connectivity index (χ0v) is 20.2. The molecule has 1 aliphatic heterocycles. The highest BCUT2D eigenvalue weighted by Gasteiger charge is 2.34. The molecule has 0 unspecified atom stereocenters. The molecule has 0 aliphatic carbocycles. The molecule has 2 amide bonds. The van der Waals surface area contributed by atoms with Crippen molar-refractivity contribution in [2.45, 2.75) is 26.2 Å². The molecule has 4 rings (SSSR count). The van der Waals surface area contributed by atoms with E-state index in [2.05, 4.69) is 5.10 Å². The number of hydrogen-bond donors (Lipinski definition) is 1. The van der Waals surface area contributed by atoms with Crippen molar-refractivity contribution in [3.8, 4) is 17.2 Å². The number of fused-ring (bicyclic) bond motifs is 1. The summed E-state index contributed by atoms with van der Waals surface area (Å²) in [4.78, 5) is 38.3. The van der Waals surface area contributed by atoms with Crippen molar-refractivity contribution < 1.29 is 23.9 Å². The van der Waals surface area contributed by atoms with Crippen LogP contribution in [0.3, 0.4) is 0 Å². The Bertz CT molecular complexity index is 1290. The van der Waals surface area contributed by atoms with Crippen molar-refractivity contribution in [2.75, 3.05) is 25.2 Å². The van der Waals surface area contributed by atoms with E-state index in [9.17, 15) is 14.4 Å². The van der Waals surface area contributed by atoms with Crippen molar-refractivity contribution >= 4 is 34.9 Å². The summed E-state index contributed by atoms with van der Waals surface area (Å²) >= 11 is 6.42. The van der Waals surface area contributed by atoms with Crippen molar-refractivity contribution in [1.29, 1.82) is 0 Å². The smallest absolute Gasteiger partial charge is 0.277 e. The number of aromatic nitrogens is 2. The molecule has 0 fully saturated rings. The zero-order valence-electron chi connectivity index (χ0n) is 19.4. The number of carbonyl (C=O) groups excluding carboxylic acids is 3. The number of hydrogen-bond acceptors (Lipinski definition) is 6. The van der Waals surface area contributed by atoms with Crippen molar-refractivity contribution in [1.82, 2.24) is 9.78 Å². The van der Waals surface area contributed by atoms with Crippen molar-refractivity contribution in [2.24, 2.45) is 5.73 Å². The molecule has 0 saturated heterocycles. The van der Waals surface area contributed by atoms with E-state index in [-0.39, 0.29) is 23.1 Å². The van der Waals surface area contributed by atoms with Gasteiger partial charge < -0.3 is 24.9 Å². The molecule has 0 atom stereocenters. The lowest BCUT2D eigenvalue weighted by molar-refractivity contribution is -0.117. The van der Waals surface area contributed by atoms with Crippen LogP contribution in [-0.2, 0) is 11.2 Å². The molecule has 2 heterocycles. The van der Waals surface area contributed by atoms with E-state index in [1.165, 1.54) is 11.6 Å². The first-order valence-corrected chi connectivity index (χ1v) is 11.5. The summed E-state index contributed by atoms with van der Waals surface area (Å²) in [5, 5.41) is 4.72. The second-order valence-electron chi connectivity index (χ2n) is 8.13. The standard InChI is InChI=1S/C25H25ClN4O5/c1-15(31)4-3-13-35-21-10-7-17(14-20(21)26)29-12-11-19-22(24(27)32)28-30(23(19)25(29)33)16-5-8-18(34-2)9-6-16/h5-10,14H,3-4,11-13H2,1-2H3,(H2,27,32). The number of rotatable bonds is 9. The van der Waals surface area contributed by atoms with E-state index in [4.69, 9.17) is 26.8 Å². The number of nitrogens with two attached hydrogens (primary N) is 1. The molecule has 0 spiro atoms. The molecule has 182 valence electrons. The van der Waals surface area contributed by atoms with Crippen LogP contribution in [-0.4, -0.2) is 47.6 Å². The summed E-state index contributed by atoms with van der Waals surface area (Å²) in [6, 6.07) is 12.1. The third-order valence-corrected chi connectivity index (χ3v) is 6.02. The van der Waals surface area contributed by atoms with Crippen LogP contribution in [0.25, 0.3) is 5.69 Å². The Morgan fingerprint density at radius 3 is 2.49 bits per heavy atom. The van der Waals surface area contributed by atoms with Gasteiger partial charge in [0, 0.05) is 24.2 Å². The monoisotopic (exact) mass is 496 g/mol. The fourth-order valence-electron chi connectivity index (χ4n) is 3.99. The number of methoxy groups -OCH3 is 1. The maximum atomic E-state index is 13.6. The van der Waals surface area contributed by atoms with Crippen molar-refractivity contribution in [3.63, 3.8) is 0 Å². The molecule has 0 radical (unpaired) electrons. The highest BCUT2D eigenvalue weighted by Crippen LogP contribution is 2.33. The molecule has 0 bridgehead atoms. The summed E-state index contributed by atoms with van der Waals surface area (Å²) in [5.74, 6) is 0.211. The molecule has 3 aromatic rings. The van der Waals surface area contributed by atoms with E-state index >= 15 is 0 Å². The van der Waals surface area contributed by atoms with Crippen LogP contribution in [0.2, 0.25) is 5.02 Å². The summed E-state index contributed by atoms with van der Waals surface area (Å²) < 4.78 is 12.3. The average molecular weight is 497 g/mol. The molecule has 1 aliphatic rings. The Balaban J connectivity index is 1.63. The van der Waals surface area contributed by atoms with Gasteiger partial charge in [0.25, 0.3) is 11.8 Å². The number of Topliss-reactive ketones (excluding diaryl/α,β-unsaturated/α-hetero) is 1. The quantitative estimate of drug-likeness (QED) is 0.452. The first-order valence-electron chi connectivity index (χ1n) is 11.1. The number of ether oxygens (including phenoxy) is 2. The number of primary amides is 1. The van der Waals surface area contributed by atoms with Crippen LogP contribution >= 0.6 is 11.6 Å². The SMILES string of the molecule is COc1ccc(-n2nc(C(N)=O)c3c2C(=O)N(c2ccc(OCCCC(C)=O)c(Cl)c2)CC3)cc1. The van der Waals surface area contributed by atoms with Gasteiger partial charge in [0.15, 0.2) is 5.69 Å². The van der Waals surface area contributed by atoms with Crippen LogP contribution in [0.5, 0.6) is 11.5 Å².